The largest absolute Gasteiger partial charge is 0.495 e. The smallest absolute Gasteiger partial charge is 0.410 e. The summed E-state index contributed by atoms with van der Waals surface area (Å²) in [6.07, 6.45) is -1.17. The SMILES string of the molecule is COc1cc2c(cc1NS(C)(=O)=O)OC(C)(C)[C@H](O)[C@H]2OC(=O)N(CCc1ccccc1)C(C)(C)C. The molecule has 0 bridgehead atoms. The molecule has 0 saturated carbocycles. The molecular formula is C26H36N2O7S. The van der Waals surface area contributed by atoms with Gasteiger partial charge in [0.1, 0.15) is 23.2 Å². The van der Waals surface area contributed by atoms with Gasteiger partial charge in [-0.25, -0.2) is 13.2 Å². The lowest BCUT2D eigenvalue weighted by Gasteiger charge is -2.43. The van der Waals surface area contributed by atoms with E-state index in [0.29, 0.717) is 18.5 Å². The second-order valence-corrected chi connectivity index (χ2v) is 12.2. The van der Waals surface area contributed by atoms with Gasteiger partial charge in [-0.05, 0) is 52.7 Å². The maximum atomic E-state index is 13.5. The number of hydrogen-bond acceptors (Lipinski definition) is 7. The maximum Gasteiger partial charge on any atom is 0.410 e. The maximum absolute atomic E-state index is 13.5. The number of aliphatic hydroxyl groups excluding tert-OH is 1. The Kier molecular flexibility index (Phi) is 7.80. The molecule has 1 aliphatic heterocycles. The minimum absolute atomic E-state index is 0.176. The molecule has 198 valence electrons. The zero-order valence-electron chi connectivity index (χ0n) is 21.9. The van der Waals surface area contributed by atoms with Crippen LogP contribution in [0, 0.1) is 0 Å². The average molecular weight is 521 g/mol. The van der Waals surface area contributed by atoms with Crippen LogP contribution in [-0.4, -0.2) is 61.7 Å². The number of hydrogen-bond donors (Lipinski definition) is 2. The van der Waals surface area contributed by atoms with Crippen LogP contribution in [0.4, 0.5) is 10.5 Å². The molecular weight excluding hydrogens is 484 g/mol. The Balaban J connectivity index is 1.95. The van der Waals surface area contributed by atoms with Crippen molar-refractivity contribution in [2.75, 3.05) is 24.6 Å². The van der Waals surface area contributed by atoms with E-state index in [1.807, 2.05) is 51.1 Å². The van der Waals surface area contributed by atoms with E-state index < -0.39 is 39.5 Å². The Bertz CT molecular complexity index is 1190. The first-order valence-corrected chi connectivity index (χ1v) is 13.6. The molecule has 0 aliphatic carbocycles. The molecule has 0 spiro atoms. The molecule has 9 nitrogen and oxygen atoms in total. The molecule has 0 radical (unpaired) electrons. The topological polar surface area (TPSA) is 114 Å². The standard InChI is InChI=1S/C26H36N2O7S/c1-25(2,3)28(14-13-17-11-9-8-10-12-17)24(30)34-22-18-15-21(33-6)19(27-36(7,31)32)16-20(18)35-26(4,5)23(22)29/h8-12,15-16,22-23,27,29H,13-14H2,1-7H3/t22-,23+/m0/s1. The fourth-order valence-corrected chi connectivity index (χ4v) is 4.66. The molecule has 0 saturated heterocycles. The normalized spacial score (nSPS) is 19.0. The van der Waals surface area contributed by atoms with Crippen molar-refractivity contribution in [2.45, 2.75) is 64.4 Å². The van der Waals surface area contributed by atoms with Gasteiger partial charge in [0.15, 0.2) is 6.10 Å². The van der Waals surface area contributed by atoms with Crippen molar-refractivity contribution in [1.82, 2.24) is 4.90 Å². The van der Waals surface area contributed by atoms with Gasteiger partial charge in [-0.1, -0.05) is 30.3 Å². The second-order valence-electron chi connectivity index (χ2n) is 10.5. The summed E-state index contributed by atoms with van der Waals surface area (Å²) < 4.78 is 43.4. The fourth-order valence-electron chi connectivity index (χ4n) is 4.10. The molecule has 0 aromatic heterocycles. The highest BCUT2D eigenvalue weighted by atomic mass is 32.2. The highest BCUT2D eigenvalue weighted by molar-refractivity contribution is 7.92. The summed E-state index contributed by atoms with van der Waals surface area (Å²) in [6.45, 7) is 9.53. The number of benzene rings is 2. The predicted octanol–water partition coefficient (Wildman–Crippen LogP) is 4.12. The van der Waals surface area contributed by atoms with Gasteiger partial charge in [-0.3, -0.25) is 4.72 Å². The van der Waals surface area contributed by atoms with Crippen molar-refractivity contribution >= 4 is 21.8 Å². The summed E-state index contributed by atoms with van der Waals surface area (Å²) in [4.78, 5) is 15.1. The third kappa shape index (κ3) is 6.41. The Labute approximate surface area is 213 Å². The summed E-state index contributed by atoms with van der Waals surface area (Å²) >= 11 is 0. The number of amides is 1. The molecule has 2 atom stereocenters. The Hall–Kier alpha value is -2.98. The molecule has 2 aromatic rings. The number of ether oxygens (including phenoxy) is 3. The number of anilines is 1. The fraction of sp³-hybridized carbons (Fsp3) is 0.500. The van der Waals surface area contributed by atoms with Gasteiger partial charge in [-0.2, -0.15) is 0 Å². The van der Waals surface area contributed by atoms with E-state index in [0.717, 1.165) is 11.8 Å². The van der Waals surface area contributed by atoms with Crippen LogP contribution in [0.3, 0.4) is 0 Å². The van der Waals surface area contributed by atoms with Gasteiger partial charge in [0.25, 0.3) is 0 Å². The van der Waals surface area contributed by atoms with Gasteiger partial charge in [0.2, 0.25) is 10.0 Å². The highest BCUT2D eigenvalue weighted by Gasteiger charge is 2.46. The number of sulfonamides is 1. The Morgan fingerprint density at radius 2 is 1.83 bits per heavy atom. The van der Waals surface area contributed by atoms with Crippen molar-refractivity contribution in [3.05, 3.63) is 53.6 Å². The average Bonchev–Trinajstić information content (AvgIpc) is 2.75. The van der Waals surface area contributed by atoms with E-state index in [9.17, 15) is 18.3 Å². The molecule has 1 aliphatic rings. The number of nitrogens with one attached hydrogen (secondary N) is 1. The van der Waals surface area contributed by atoms with E-state index in [2.05, 4.69) is 4.72 Å². The lowest BCUT2D eigenvalue weighted by atomic mass is 9.88. The van der Waals surface area contributed by atoms with Crippen molar-refractivity contribution in [3.8, 4) is 11.5 Å². The van der Waals surface area contributed by atoms with Crippen LogP contribution < -0.4 is 14.2 Å². The molecule has 1 amide bonds. The summed E-state index contributed by atoms with van der Waals surface area (Å²) in [5.41, 5.74) is -0.0155. The molecule has 1 heterocycles. The Morgan fingerprint density at radius 3 is 2.39 bits per heavy atom. The lowest BCUT2D eigenvalue weighted by molar-refractivity contribution is -0.119. The zero-order valence-corrected chi connectivity index (χ0v) is 22.7. The highest BCUT2D eigenvalue weighted by Crippen LogP contribution is 2.46. The van der Waals surface area contributed by atoms with Crippen LogP contribution in [0.1, 0.15) is 51.8 Å². The molecule has 3 rings (SSSR count). The number of fused-ring (bicyclic) bond motifs is 1. The van der Waals surface area contributed by atoms with E-state index >= 15 is 0 Å². The first-order chi connectivity index (χ1) is 16.6. The van der Waals surface area contributed by atoms with Crippen LogP contribution in [0.2, 0.25) is 0 Å². The third-order valence-corrected chi connectivity index (χ3v) is 6.62. The summed E-state index contributed by atoms with van der Waals surface area (Å²) in [5, 5.41) is 11.1. The quantitative estimate of drug-likeness (QED) is 0.564. The third-order valence-electron chi connectivity index (χ3n) is 6.03. The number of methoxy groups -OCH3 is 1. The van der Waals surface area contributed by atoms with Crippen molar-refractivity contribution < 1.29 is 32.5 Å². The molecule has 2 N–H and O–H groups in total. The lowest BCUT2D eigenvalue weighted by Crippen LogP contribution is -2.52. The van der Waals surface area contributed by atoms with Gasteiger partial charge < -0.3 is 24.2 Å². The van der Waals surface area contributed by atoms with Gasteiger partial charge in [0, 0.05) is 23.7 Å². The number of aliphatic hydroxyl groups is 1. The first-order valence-electron chi connectivity index (χ1n) is 11.7. The van der Waals surface area contributed by atoms with Crippen molar-refractivity contribution in [2.24, 2.45) is 0 Å². The molecule has 36 heavy (non-hydrogen) atoms. The van der Waals surface area contributed by atoms with Crippen molar-refractivity contribution in [1.29, 1.82) is 0 Å². The summed E-state index contributed by atoms with van der Waals surface area (Å²) in [6, 6.07) is 12.8. The number of rotatable bonds is 7. The second kappa shape index (κ2) is 10.2. The predicted molar refractivity (Wildman–Crippen MR) is 138 cm³/mol. The van der Waals surface area contributed by atoms with Crippen LogP contribution in [0.15, 0.2) is 42.5 Å². The number of carbonyl (C=O) groups excluding carboxylic acids is 1. The van der Waals surface area contributed by atoms with Crippen LogP contribution in [-0.2, 0) is 21.2 Å². The molecule has 2 aromatic carbocycles. The van der Waals surface area contributed by atoms with E-state index in [1.54, 1.807) is 18.7 Å². The first kappa shape index (κ1) is 27.6. The van der Waals surface area contributed by atoms with Crippen LogP contribution in [0.25, 0.3) is 0 Å². The van der Waals surface area contributed by atoms with E-state index in [1.165, 1.54) is 19.2 Å². The molecule has 10 heteroatoms. The Morgan fingerprint density at radius 1 is 1.19 bits per heavy atom. The monoisotopic (exact) mass is 520 g/mol. The molecule has 0 fully saturated rings. The van der Waals surface area contributed by atoms with Gasteiger partial charge >= 0.3 is 6.09 Å². The molecule has 0 unspecified atom stereocenters. The van der Waals surface area contributed by atoms with Crippen LogP contribution >= 0.6 is 0 Å². The van der Waals surface area contributed by atoms with E-state index in [-0.39, 0.29) is 17.2 Å². The van der Waals surface area contributed by atoms with E-state index in [4.69, 9.17) is 14.2 Å². The van der Waals surface area contributed by atoms with Crippen LogP contribution in [0.5, 0.6) is 11.5 Å². The summed E-state index contributed by atoms with van der Waals surface area (Å²) in [5.74, 6) is 0.481. The zero-order chi connectivity index (χ0) is 26.9. The van der Waals surface area contributed by atoms with Gasteiger partial charge in [-0.15, -0.1) is 0 Å². The minimum Gasteiger partial charge on any atom is -0.495 e. The van der Waals surface area contributed by atoms with Gasteiger partial charge in [0.05, 0.1) is 19.1 Å². The number of carbonyl (C=O) groups is 1. The minimum atomic E-state index is -3.59. The summed E-state index contributed by atoms with van der Waals surface area (Å²) in [7, 11) is -2.20. The van der Waals surface area contributed by atoms with Crippen molar-refractivity contribution in [3.63, 3.8) is 0 Å². The number of nitrogens with zero attached hydrogens (tertiary/aromatic N) is 1.